The van der Waals surface area contributed by atoms with Crippen LogP contribution in [-0.4, -0.2) is 47.9 Å². The lowest BCUT2D eigenvalue weighted by Crippen LogP contribution is -2.50. The molecule has 4 aliphatic rings. The number of allylic oxidation sites excluding steroid dienone is 2. The Kier molecular flexibility index (Phi) is 4.76. The van der Waals surface area contributed by atoms with Crippen molar-refractivity contribution in [1.82, 2.24) is 19.4 Å². The number of nitrogens with zero attached hydrogens (tertiary/aromatic N) is 5. The molecule has 1 fully saturated rings. The van der Waals surface area contributed by atoms with Crippen LogP contribution in [0.4, 0.5) is 0 Å². The largest absolute Gasteiger partial charge is 0.342 e. The van der Waals surface area contributed by atoms with E-state index in [0.717, 1.165) is 29.1 Å². The molecular formula is C22H30N6O3S. The Labute approximate surface area is 188 Å². The Hall–Kier alpha value is -2.33. The summed E-state index contributed by atoms with van der Waals surface area (Å²) in [4.78, 5) is 13.3. The molecule has 0 atom stereocenters. The molecule has 5 rings (SSSR count). The first-order valence-corrected chi connectivity index (χ1v) is 12.7. The number of sulfonamides is 1. The molecule has 0 radical (unpaired) electrons. The van der Waals surface area contributed by atoms with E-state index in [1.165, 1.54) is 4.31 Å². The Morgan fingerprint density at radius 3 is 2.53 bits per heavy atom. The van der Waals surface area contributed by atoms with E-state index in [1.54, 1.807) is 16.9 Å². The third kappa shape index (κ3) is 3.18. The van der Waals surface area contributed by atoms with Gasteiger partial charge in [0, 0.05) is 54.0 Å². The summed E-state index contributed by atoms with van der Waals surface area (Å²) >= 11 is 0. The van der Waals surface area contributed by atoms with E-state index < -0.39 is 15.4 Å². The molecule has 172 valence electrons. The lowest BCUT2D eigenvalue weighted by molar-refractivity contribution is -0.119. The number of fused-ring (bicyclic) bond motifs is 2. The number of aromatic nitrogens is 2. The molecule has 9 nitrogen and oxygen atoms in total. The molecule has 1 saturated heterocycles. The molecule has 1 aliphatic carbocycles. The molecule has 4 heterocycles. The smallest absolute Gasteiger partial charge is 0.262 e. The zero-order chi connectivity index (χ0) is 22.9. The molecule has 0 bridgehead atoms. The molecule has 1 aromatic rings. The van der Waals surface area contributed by atoms with Crippen molar-refractivity contribution in [2.24, 2.45) is 21.1 Å². The van der Waals surface area contributed by atoms with E-state index in [4.69, 9.17) is 0 Å². The van der Waals surface area contributed by atoms with Crippen LogP contribution in [0.25, 0.3) is 0 Å². The second-order valence-corrected chi connectivity index (χ2v) is 12.2. The second kappa shape index (κ2) is 7.08. The van der Waals surface area contributed by atoms with Gasteiger partial charge in [-0.1, -0.05) is 13.8 Å². The Bertz CT molecular complexity index is 1180. The summed E-state index contributed by atoms with van der Waals surface area (Å²) in [5.74, 6) is 0.912. The van der Waals surface area contributed by atoms with E-state index in [9.17, 15) is 13.2 Å². The Morgan fingerprint density at radius 2 is 1.88 bits per heavy atom. The van der Waals surface area contributed by atoms with Crippen LogP contribution >= 0.6 is 0 Å². The number of hydrogen-bond donors (Lipinski definition) is 1. The van der Waals surface area contributed by atoms with Crippen molar-refractivity contribution < 1.29 is 13.2 Å². The summed E-state index contributed by atoms with van der Waals surface area (Å²) in [6.07, 6.45) is 4.08. The van der Waals surface area contributed by atoms with E-state index in [2.05, 4.69) is 34.5 Å². The maximum Gasteiger partial charge on any atom is 0.262 e. The number of hydrogen-bond acceptors (Lipinski definition) is 7. The van der Waals surface area contributed by atoms with Crippen LogP contribution in [0.3, 0.4) is 0 Å². The molecule has 10 heteroatoms. The topological polar surface area (TPSA) is 109 Å². The number of carbonyl (C=O) groups is 1. The van der Waals surface area contributed by atoms with Crippen molar-refractivity contribution in [2.75, 3.05) is 19.6 Å². The van der Waals surface area contributed by atoms with Crippen LogP contribution in [-0.2, 0) is 14.8 Å². The van der Waals surface area contributed by atoms with Crippen molar-refractivity contribution in [3.05, 3.63) is 34.9 Å². The molecule has 1 N–H and O–H groups in total. The van der Waals surface area contributed by atoms with Crippen molar-refractivity contribution in [1.29, 1.82) is 0 Å². The van der Waals surface area contributed by atoms with Gasteiger partial charge in [-0.15, -0.1) is 5.11 Å². The zero-order valence-electron chi connectivity index (χ0n) is 19.1. The van der Waals surface area contributed by atoms with Gasteiger partial charge in [0.25, 0.3) is 10.0 Å². The lowest BCUT2D eigenvalue weighted by Gasteiger charge is -2.48. The van der Waals surface area contributed by atoms with Gasteiger partial charge in [-0.3, -0.25) is 9.48 Å². The maximum atomic E-state index is 13.3. The number of rotatable bonds is 3. The second-order valence-electron chi connectivity index (χ2n) is 10.4. The number of nitrogens with one attached hydrogen (secondary N) is 1. The van der Waals surface area contributed by atoms with Gasteiger partial charge in [0.1, 0.15) is 0 Å². The first-order valence-electron chi connectivity index (χ1n) is 11.2. The van der Waals surface area contributed by atoms with Gasteiger partial charge in [0.15, 0.2) is 16.6 Å². The SMILES string of the molecule is CC(C)n1ccc(S(=O)(=O)N2CCC3(CC2)C2=C(N=NC2)NC2=C3C(=O)CC(C)(C)C2)n1. The predicted molar refractivity (Wildman–Crippen MR) is 118 cm³/mol. The number of dihydropyridines is 1. The highest BCUT2D eigenvalue weighted by atomic mass is 32.2. The first kappa shape index (κ1) is 21.5. The molecule has 32 heavy (non-hydrogen) atoms. The Balaban J connectivity index is 1.47. The molecule has 0 aromatic carbocycles. The lowest BCUT2D eigenvalue weighted by atomic mass is 9.60. The quantitative estimate of drug-likeness (QED) is 0.748. The molecule has 0 saturated carbocycles. The number of carbonyl (C=O) groups excluding carboxylic acids is 1. The van der Waals surface area contributed by atoms with Gasteiger partial charge in [0.05, 0.1) is 6.54 Å². The molecule has 0 amide bonds. The number of Topliss-reactive ketones (excluding diaryl/α,β-unsaturated/α-hetero) is 1. The third-order valence-electron chi connectivity index (χ3n) is 7.18. The first-order chi connectivity index (χ1) is 15.0. The highest BCUT2D eigenvalue weighted by molar-refractivity contribution is 7.89. The molecule has 0 unspecified atom stereocenters. The van der Waals surface area contributed by atoms with E-state index >= 15 is 0 Å². The highest BCUT2D eigenvalue weighted by Crippen LogP contribution is 2.55. The monoisotopic (exact) mass is 458 g/mol. The summed E-state index contributed by atoms with van der Waals surface area (Å²) in [6, 6.07) is 1.65. The molecule has 1 aromatic heterocycles. The average Bonchev–Trinajstić information content (AvgIpc) is 3.37. The normalized spacial score (nSPS) is 24.8. The van der Waals surface area contributed by atoms with Crippen molar-refractivity contribution >= 4 is 15.8 Å². The number of azo groups is 1. The zero-order valence-corrected chi connectivity index (χ0v) is 19.9. The minimum absolute atomic E-state index is 0.0774. The Morgan fingerprint density at radius 1 is 1.16 bits per heavy atom. The molecule has 3 aliphatic heterocycles. The fraction of sp³-hybridized carbons (Fsp3) is 0.636. The van der Waals surface area contributed by atoms with Crippen LogP contribution in [0.15, 0.2) is 50.2 Å². The highest BCUT2D eigenvalue weighted by Gasteiger charge is 2.53. The summed E-state index contributed by atoms with van der Waals surface area (Å²) < 4.78 is 29.7. The van der Waals surface area contributed by atoms with Crippen LogP contribution in [0.1, 0.15) is 59.4 Å². The minimum Gasteiger partial charge on any atom is -0.342 e. The van der Waals surface area contributed by atoms with Gasteiger partial charge >= 0.3 is 0 Å². The van der Waals surface area contributed by atoms with Gasteiger partial charge in [0.2, 0.25) is 0 Å². The van der Waals surface area contributed by atoms with E-state index in [1.807, 2.05) is 13.8 Å². The van der Waals surface area contributed by atoms with Crippen LogP contribution in [0.5, 0.6) is 0 Å². The van der Waals surface area contributed by atoms with Crippen molar-refractivity contribution in [3.8, 4) is 0 Å². The van der Waals surface area contributed by atoms with Crippen molar-refractivity contribution in [3.63, 3.8) is 0 Å². The fourth-order valence-electron chi connectivity index (χ4n) is 5.61. The van der Waals surface area contributed by atoms with E-state index in [-0.39, 0.29) is 22.3 Å². The number of ketones is 1. The van der Waals surface area contributed by atoms with Crippen molar-refractivity contribution in [2.45, 2.75) is 64.4 Å². The van der Waals surface area contributed by atoms with Gasteiger partial charge in [-0.05, 0) is 44.6 Å². The number of piperidine rings is 1. The van der Waals surface area contributed by atoms with Crippen LogP contribution in [0, 0.1) is 10.8 Å². The minimum atomic E-state index is -3.69. The maximum absolute atomic E-state index is 13.3. The van der Waals surface area contributed by atoms with Crippen LogP contribution < -0.4 is 5.32 Å². The fourth-order valence-corrected chi connectivity index (χ4v) is 6.96. The third-order valence-corrected chi connectivity index (χ3v) is 8.97. The summed E-state index contributed by atoms with van der Waals surface area (Å²) in [6.45, 7) is 9.26. The molecular weight excluding hydrogens is 428 g/mol. The van der Waals surface area contributed by atoms with Crippen LogP contribution in [0.2, 0.25) is 0 Å². The molecule has 1 spiro atoms. The van der Waals surface area contributed by atoms with E-state index in [0.29, 0.717) is 38.9 Å². The average molecular weight is 459 g/mol. The standard InChI is InChI=1S/C22H30N6O3S/c1-14(2)28-8-5-18(26-28)32(30,31)27-9-6-22(7-10-27)15-13-23-25-20(15)24-16-11-21(3,4)12-17(29)19(16)22/h5,8,14,24H,6-7,9-13H2,1-4H3. The summed E-state index contributed by atoms with van der Waals surface area (Å²) in [7, 11) is -3.69. The summed E-state index contributed by atoms with van der Waals surface area (Å²) in [5.41, 5.74) is 2.21. The van der Waals surface area contributed by atoms with Gasteiger partial charge in [-0.2, -0.15) is 14.5 Å². The predicted octanol–water partition coefficient (Wildman–Crippen LogP) is 3.16. The summed E-state index contributed by atoms with van der Waals surface area (Å²) in [5, 5.41) is 16.3. The van der Waals surface area contributed by atoms with Gasteiger partial charge < -0.3 is 5.32 Å². The van der Waals surface area contributed by atoms with Gasteiger partial charge in [-0.25, -0.2) is 8.42 Å².